The number of amides is 1. The van der Waals surface area contributed by atoms with Gasteiger partial charge in [-0.2, -0.15) is 4.98 Å². The minimum atomic E-state index is -2.60. The Bertz CT molecular complexity index is 1250. The van der Waals surface area contributed by atoms with Crippen molar-refractivity contribution in [1.82, 2.24) is 10.3 Å². The Labute approximate surface area is 212 Å². The summed E-state index contributed by atoms with van der Waals surface area (Å²) < 4.78 is 31.8. The van der Waals surface area contributed by atoms with Crippen molar-refractivity contribution >= 4 is 34.1 Å². The third-order valence-electron chi connectivity index (χ3n) is 6.73. The number of aromatic nitrogens is 1. The second-order valence-corrected chi connectivity index (χ2v) is 10.2. The Hall–Kier alpha value is -2.79. The van der Waals surface area contributed by atoms with Crippen LogP contribution in [0.2, 0.25) is 0 Å². The van der Waals surface area contributed by atoms with Crippen LogP contribution in [0.25, 0.3) is 22.4 Å². The predicted octanol–water partition coefficient (Wildman–Crippen LogP) is 3.62. The molecule has 3 N–H and O–H groups in total. The van der Waals surface area contributed by atoms with Crippen LogP contribution in [0.4, 0.5) is 5.82 Å². The molecule has 2 unspecified atom stereocenters. The second-order valence-electron chi connectivity index (χ2n) is 9.32. The third-order valence-corrected chi connectivity index (χ3v) is 7.45. The van der Waals surface area contributed by atoms with Gasteiger partial charge >= 0.3 is 0 Å². The standard InChI is InChI=1S/C26H33N3O6S/c1-4-16-7-9-18(10-8-16)22-21(24(30)27-3)20-14-19(17-11-12-17)23(28-25(20)35-22)29(36(33)34)13-5-6-15(2)26(31)32/h7-10,14-15,17,26,31-32H,4-6,11-13H2,1-3H3,(H,27,30)(H,33,34)/p-1. The Balaban J connectivity index is 1.80. The maximum absolute atomic E-state index is 12.9. The van der Waals surface area contributed by atoms with Gasteiger partial charge in [0.05, 0.1) is 10.9 Å². The van der Waals surface area contributed by atoms with E-state index in [-0.39, 0.29) is 30.0 Å². The molecule has 0 saturated heterocycles. The van der Waals surface area contributed by atoms with E-state index in [4.69, 9.17) is 4.42 Å². The van der Waals surface area contributed by atoms with Gasteiger partial charge in [0.15, 0.2) is 6.29 Å². The SMILES string of the molecule is CCc1ccc(-c2oc3nc(N(CCCC(C)C(O)O)S(=O)[O-])c(C4CC4)cc3c2C(=O)NC)cc1. The minimum Gasteiger partial charge on any atom is -0.755 e. The number of hydrogen-bond acceptors (Lipinski definition) is 7. The summed E-state index contributed by atoms with van der Waals surface area (Å²) in [5.41, 5.74) is 3.22. The summed E-state index contributed by atoms with van der Waals surface area (Å²) in [4.78, 5) is 17.6. The highest BCUT2D eigenvalue weighted by atomic mass is 32.2. The van der Waals surface area contributed by atoms with Gasteiger partial charge in [-0.15, -0.1) is 0 Å². The summed E-state index contributed by atoms with van der Waals surface area (Å²) >= 11 is -2.60. The first kappa shape index (κ1) is 26.3. The zero-order valence-corrected chi connectivity index (χ0v) is 21.5. The summed E-state index contributed by atoms with van der Waals surface area (Å²) in [6.45, 7) is 3.90. The number of pyridine rings is 1. The number of aliphatic hydroxyl groups is 2. The van der Waals surface area contributed by atoms with Gasteiger partial charge in [-0.25, -0.2) is 0 Å². The van der Waals surface area contributed by atoms with E-state index in [1.54, 1.807) is 14.0 Å². The molecule has 36 heavy (non-hydrogen) atoms. The van der Waals surface area contributed by atoms with E-state index in [1.807, 2.05) is 30.3 Å². The zero-order chi connectivity index (χ0) is 26.0. The van der Waals surface area contributed by atoms with Crippen molar-refractivity contribution in [3.8, 4) is 11.3 Å². The highest BCUT2D eigenvalue weighted by Gasteiger charge is 2.32. The van der Waals surface area contributed by atoms with E-state index in [1.165, 1.54) is 4.31 Å². The quantitative estimate of drug-likeness (QED) is 0.262. The first-order chi connectivity index (χ1) is 17.2. The van der Waals surface area contributed by atoms with E-state index >= 15 is 0 Å². The van der Waals surface area contributed by atoms with E-state index in [2.05, 4.69) is 17.2 Å². The average Bonchev–Trinajstić information content (AvgIpc) is 3.65. The number of aryl methyl sites for hydroxylation is 1. The molecule has 2 atom stereocenters. The van der Waals surface area contributed by atoms with Crippen LogP contribution in [-0.2, 0) is 17.7 Å². The zero-order valence-electron chi connectivity index (χ0n) is 20.7. The fourth-order valence-electron chi connectivity index (χ4n) is 4.33. The fraction of sp³-hybridized carbons (Fsp3) is 0.462. The molecule has 1 aliphatic rings. The fourth-order valence-corrected chi connectivity index (χ4v) is 4.89. The number of anilines is 1. The first-order valence-corrected chi connectivity index (χ1v) is 13.3. The molecular weight excluding hydrogens is 482 g/mol. The first-order valence-electron chi connectivity index (χ1n) is 12.3. The second kappa shape index (κ2) is 11.1. The van der Waals surface area contributed by atoms with E-state index in [0.29, 0.717) is 35.4 Å². The topological polar surface area (TPSA) is 139 Å². The Morgan fingerprint density at radius 2 is 2.00 bits per heavy atom. The number of carbonyl (C=O) groups is 1. The van der Waals surface area contributed by atoms with E-state index < -0.39 is 17.6 Å². The van der Waals surface area contributed by atoms with Crippen LogP contribution in [0.1, 0.15) is 66.9 Å². The molecule has 9 nitrogen and oxygen atoms in total. The molecule has 2 aromatic heterocycles. The average molecular weight is 515 g/mol. The number of nitrogens with zero attached hydrogens (tertiary/aromatic N) is 2. The Kier molecular flexibility index (Phi) is 8.09. The van der Waals surface area contributed by atoms with Gasteiger partial charge in [-0.1, -0.05) is 38.1 Å². The molecule has 10 heteroatoms. The van der Waals surface area contributed by atoms with Crippen LogP contribution in [0.5, 0.6) is 0 Å². The molecule has 4 rings (SSSR count). The van der Waals surface area contributed by atoms with E-state index in [9.17, 15) is 23.8 Å². The van der Waals surface area contributed by atoms with Gasteiger partial charge in [0, 0.05) is 36.3 Å². The molecular formula is C26H32N3O6S-. The lowest BCUT2D eigenvalue weighted by molar-refractivity contribution is -0.0805. The van der Waals surface area contributed by atoms with Gasteiger partial charge in [0.1, 0.15) is 11.6 Å². The molecule has 194 valence electrons. The number of carbonyl (C=O) groups excluding carboxylic acids is 1. The maximum atomic E-state index is 12.9. The van der Waals surface area contributed by atoms with Crippen molar-refractivity contribution in [2.75, 3.05) is 17.9 Å². The van der Waals surface area contributed by atoms with Crippen molar-refractivity contribution < 1.29 is 28.2 Å². The monoisotopic (exact) mass is 514 g/mol. The molecule has 3 aromatic rings. The van der Waals surface area contributed by atoms with Gasteiger partial charge < -0.3 is 24.5 Å². The molecule has 1 saturated carbocycles. The number of fused-ring (bicyclic) bond motifs is 1. The number of nitrogens with one attached hydrogen (secondary N) is 1. The summed E-state index contributed by atoms with van der Waals surface area (Å²) in [5.74, 6) is 0.146. The number of rotatable bonds is 11. The Morgan fingerprint density at radius 1 is 1.31 bits per heavy atom. The van der Waals surface area contributed by atoms with Crippen molar-refractivity contribution in [3.05, 3.63) is 47.0 Å². The van der Waals surface area contributed by atoms with Crippen LogP contribution < -0.4 is 9.62 Å². The van der Waals surface area contributed by atoms with E-state index in [0.717, 1.165) is 36.0 Å². The number of aliphatic hydroxyl groups excluding tert-OH is 1. The van der Waals surface area contributed by atoms with Crippen molar-refractivity contribution in [2.24, 2.45) is 5.92 Å². The molecule has 0 spiro atoms. The minimum absolute atomic E-state index is 0.139. The van der Waals surface area contributed by atoms with Gasteiger partial charge in [0.2, 0.25) is 5.71 Å². The van der Waals surface area contributed by atoms with Gasteiger partial charge in [-0.05, 0) is 55.2 Å². The lowest BCUT2D eigenvalue weighted by atomic mass is 10.0. The summed E-state index contributed by atoms with van der Waals surface area (Å²) in [7, 11) is 1.56. The van der Waals surface area contributed by atoms with Crippen molar-refractivity contribution in [3.63, 3.8) is 0 Å². The summed E-state index contributed by atoms with van der Waals surface area (Å²) in [6, 6.07) is 9.62. The third kappa shape index (κ3) is 5.46. The maximum Gasteiger partial charge on any atom is 0.255 e. The number of hydrogen-bond donors (Lipinski definition) is 3. The summed E-state index contributed by atoms with van der Waals surface area (Å²) in [5, 5.41) is 21.9. The smallest absolute Gasteiger partial charge is 0.255 e. The molecule has 0 aliphatic heterocycles. The van der Waals surface area contributed by atoms with Crippen molar-refractivity contribution in [2.45, 2.75) is 58.2 Å². The highest BCUT2D eigenvalue weighted by molar-refractivity contribution is 7.80. The number of benzene rings is 1. The van der Waals surface area contributed by atoms with Crippen molar-refractivity contribution in [1.29, 1.82) is 0 Å². The molecule has 0 bridgehead atoms. The molecule has 0 radical (unpaired) electrons. The van der Waals surface area contributed by atoms with Gasteiger partial charge in [0.25, 0.3) is 5.91 Å². The van der Waals surface area contributed by atoms with Crippen LogP contribution in [-0.4, -0.2) is 49.7 Å². The predicted molar refractivity (Wildman–Crippen MR) is 137 cm³/mol. The van der Waals surface area contributed by atoms with Crippen LogP contribution in [0.3, 0.4) is 0 Å². The molecule has 1 aliphatic carbocycles. The molecule has 1 amide bonds. The summed E-state index contributed by atoms with van der Waals surface area (Å²) in [6.07, 6.45) is 2.11. The largest absolute Gasteiger partial charge is 0.755 e. The van der Waals surface area contributed by atoms with Crippen LogP contribution >= 0.6 is 0 Å². The molecule has 1 aromatic carbocycles. The molecule has 2 heterocycles. The van der Waals surface area contributed by atoms with Gasteiger partial charge in [-0.3, -0.25) is 13.3 Å². The highest BCUT2D eigenvalue weighted by Crippen LogP contribution is 2.46. The Morgan fingerprint density at radius 3 is 2.56 bits per heavy atom. The number of furan rings is 1. The lowest BCUT2D eigenvalue weighted by Gasteiger charge is -2.28. The van der Waals surface area contributed by atoms with Crippen LogP contribution in [0.15, 0.2) is 34.7 Å². The normalized spacial score (nSPS) is 15.3. The lowest BCUT2D eigenvalue weighted by Crippen LogP contribution is -2.29. The molecule has 1 fully saturated rings. The van der Waals surface area contributed by atoms with Crippen LogP contribution in [0, 0.1) is 5.92 Å².